The van der Waals surface area contributed by atoms with Gasteiger partial charge in [0.25, 0.3) is 0 Å². The third-order valence-corrected chi connectivity index (χ3v) is 12.5. The number of carbonyl (C=O) groups excluding carboxylic acids is 3. The minimum Gasteiger partial charge on any atom is -0.465 e. The molecular weight excluding hydrogens is 728 g/mol. The molecule has 0 bridgehead atoms. The van der Waals surface area contributed by atoms with E-state index in [0.717, 1.165) is 74.5 Å². The molecule has 5 aromatic rings. The number of halogens is 1. The fourth-order valence-electron chi connectivity index (χ4n) is 9.23. The Bertz CT molecular complexity index is 2110. The van der Waals surface area contributed by atoms with Gasteiger partial charge in [0.15, 0.2) is 5.60 Å². The van der Waals surface area contributed by atoms with Crippen LogP contribution in [0.25, 0.3) is 11.1 Å². The Balaban J connectivity index is 0.897. The summed E-state index contributed by atoms with van der Waals surface area (Å²) in [6.07, 6.45) is 9.52. The fourth-order valence-corrected chi connectivity index (χ4v) is 9.50. The number of fused-ring (bicyclic) bond motifs is 3. The Hall–Kier alpha value is -5.00. The lowest BCUT2D eigenvalue weighted by atomic mass is 9.76. The number of esters is 2. The van der Waals surface area contributed by atoms with Crippen LogP contribution in [0.1, 0.15) is 123 Å². The van der Waals surface area contributed by atoms with Crippen molar-refractivity contribution in [3.05, 3.63) is 166 Å². The number of hydrogen-bond acceptors (Lipinski definition) is 5. The number of aryl methyl sites for hydroxylation is 1. The highest BCUT2D eigenvalue weighted by atomic mass is 35.5. The second kappa shape index (κ2) is 18.5. The predicted molar refractivity (Wildman–Crippen MR) is 227 cm³/mol. The van der Waals surface area contributed by atoms with Crippen LogP contribution >= 0.6 is 11.6 Å². The van der Waals surface area contributed by atoms with Crippen LogP contribution in [0.15, 0.2) is 127 Å². The number of hydrogen-bond donors (Lipinski definition) is 0. The monoisotopic (exact) mass is 780 g/mol. The summed E-state index contributed by atoms with van der Waals surface area (Å²) in [7, 11) is 0. The van der Waals surface area contributed by atoms with Crippen LogP contribution in [-0.2, 0) is 29.5 Å². The zero-order valence-corrected chi connectivity index (χ0v) is 33.8. The molecule has 0 spiro atoms. The van der Waals surface area contributed by atoms with Crippen LogP contribution in [0.5, 0.6) is 0 Å². The van der Waals surface area contributed by atoms with Gasteiger partial charge in [0, 0.05) is 46.9 Å². The first-order valence-electron chi connectivity index (χ1n) is 20.7. The maximum absolute atomic E-state index is 14.3. The minimum atomic E-state index is -1.26. The van der Waals surface area contributed by atoms with Crippen molar-refractivity contribution in [2.45, 2.75) is 102 Å². The zero-order valence-electron chi connectivity index (χ0n) is 33.0. The van der Waals surface area contributed by atoms with Gasteiger partial charge in [-0.25, -0.2) is 0 Å². The van der Waals surface area contributed by atoms with Crippen molar-refractivity contribution < 1.29 is 23.9 Å². The molecule has 7 rings (SSSR count). The molecule has 0 saturated heterocycles. The van der Waals surface area contributed by atoms with Gasteiger partial charge in [0.05, 0.1) is 6.42 Å². The Morgan fingerprint density at radius 1 is 0.632 bits per heavy atom. The molecule has 294 valence electrons. The van der Waals surface area contributed by atoms with Gasteiger partial charge < -0.3 is 9.47 Å². The van der Waals surface area contributed by atoms with E-state index < -0.39 is 11.0 Å². The molecular formula is C51H53ClO5. The van der Waals surface area contributed by atoms with Gasteiger partial charge in [-0.3, -0.25) is 14.4 Å². The van der Waals surface area contributed by atoms with E-state index in [0.29, 0.717) is 36.5 Å². The lowest BCUT2D eigenvalue weighted by Gasteiger charge is -2.37. The highest BCUT2D eigenvalue weighted by molar-refractivity contribution is 6.31. The first-order chi connectivity index (χ1) is 27.8. The molecule has 2 aliphatic carbocycles. The lowest BCUT2D eigenvalue weighted by molar-refractivity contribution is -0.156. The van der Waals surface area contributed by atoms with Crippen LogP contribution in [0, 0.1) is 12.3 Å². The topological polar surface area (TPSA) is 69.7 Å². The van der Waals surface area contributed by atoms with Crippen LogP contribution in [0.3, 0.4) is 0 Å². The lowest BCUT2D eigenvalue weighted by Crippen LogP contribution is -2.37. The van der Waals surface area contributed by atoms with Gasteiger partial charge in [-0.2, -0.15) is 0 Å². The van der Waals surface area contributed by atoms with Gasteiger partial charge in [-0.1, -0.05) is 171 Å². The Morgan fingerprint density at radius 2 is 1.19 bits per heavy atom. The molecule has 6 heteroatoms. The van der Waals surface area contributed by atoms with Gasteiger partial charge in [0.1, 0.15) is 12.4 Å². The molecule has 0 heterocycles. The van der Waals surface area contributed by atoms with Crippen LogP contribution in [0.4, 0.5) is 0 Å². The van der Waals surface area contributed by atoms with Crippen molar-refractivity contribution in [3.8, 4) is 11.1 Å². The van der Waals surface area contributed by atoms with Crippen molar-refractivity contribution in [1.29, 1.82) is 0 Å². The van der Waals surface area contributed by atoms with Gasteiger partial charge in [0.2, 0.25) is 0 Å². The van der Waals surface area contributed by atoms with E-state index in [-0.39, 0.29) is 30.1 Å². The SMILES string of the molecule is Cc1ccc(C(OC(=O)CC2(CC(=O)CCCCCCCC(=O)OCC3c4ccccc4-c4ccccc43)CCCC2)(c2ccccc2)c2ccccc2Cl)cc1. The molecule has 0 aliphatic heterocycles. The standard InChI is InChI=1S/C51H53ClO5/c1-37-28-30-39(31-29-37)51(38-18-6-5-7-19-38,46-25-14-15-26-47(46)52)57-49(55)35-50(32-16-17-33-50)34-40(53)20-8-3-2-4-9-27-48(54)56-36-45-43-23-12-10-21-41(43)42-22-11-13-24-44(42)45/h5-7,10-15,18-19,21-26,28-31,45H,2-4,8-9,16-17,20,27,32-36H2,1H3. The number of rotatable bonds is 18. The van der Waals surface area contributed by atoms with Crippen molar-refractivity contribution in [2.24, 2.45) is 5.41 Å². The van der Waals surface area contributed by atoms with Crippen molar-refractivity contribution in [2.75, 3.05) is 6.61 Å². The van der Waals surface area contributed by atoms with Gasteiger partial charge >= 0.3 is 11.9 Å². The molecule has 0 radical (unpaired) electrons. The van der Waals surface area contributed by atoms with E-state index >= 15 is 0 Å². The second-order valence-corrected chi connectivity index (χ2v) is 16.6. The highest BCUT2D eigenvalue weighted by Crippen LogP contribution is 2.48. The third kappa shape index (κ3) is 9.26. The smallest absolute Gasteiger partial charge is 0.307 e. The summed E-state index contributed by atoms with van der Waals surface area (Å²) in [5, 5.41) is 0.512. The zero-order chi connectivity index (χ0) is 39.7. The summed E-state index contributed by atoms with van der Waals surface area (Å²) in [6.45, 7) is 2.39. The molecule has 1 fully saturated rings. The number of carbonyl (C=O) groups is 3. The van der Waals surface area contributed by atoms with Crippen LogP contribution in [0.2, 0.25) is 5.02 Å². The number of ether oxygens (including phenoxy) is 2. The molecule has 5 aromatic carbocycles. The Morgan fingerprint density at radius 3 is 1.86 bits per heavy atom. The number of benzene rings is 5. The first kappa shape index (κ1) is 40.2. The van der Waals surface area contributed by atoms with E-state index in [2.05, 4.69) is 36.4 Å². The number of Topliss-reactive ketones (excluding diaryl/α,β-unsaturated/α-hetero) is 1. The average Bonchev–Trinajstić information content (AvgIpc) is 3.81. The third-order valence-electron chi connectivity index (χ3n) is 12.1. The molecule has 0 N–H and O–H groups in total. The van der Waals surface area contributed by atoms with Gasteiger partial charge in [-0.05, 0) is 66.3 Å². The summed E-state index contributed by atoms with van der Waals surface area (Å²) in [5.41, 5.74) is 6.64. The maximum atomic E-state index is 14.3. The van der Waals surface area contributed by atoms with Crippen molar-refractivity contribution in [1.82, 2.24) is 0 Å². The van der Waals surface area contributed by atoms with Crippen LogP contribution in [-0.4, -0.2) is 24.3 Å². The van der Waals surface area contributed by atoms with Gasteiger partial charge in [-0.15, -0.1) is 0 Å². The van der Waals surface area contributed by atoms with E-state index in [9.17, 15) is 14.4 Å². The molecule has 1 saturated carbocycles. The van der Waals surface area contributed by atoms with Crippen LogP contribution < -0.4 is 0 Å². The minimum absolute atomic E-state index is 0.0720. The summed E-state index contributed by atoms with van der Waals surface area (Å²) in [5.74, 6) is -0.199. The molecule has 0 amide bonds. The van der Waals surface area contributed by atoms with Crippen molar-refractivity contribution >= 4 is 29.3 Å². The molecule has 0 aromatic heterocycles. The largest absolute Gasteiger partial charge is 0.465 e. The second-order valence-electron chi connectivity index (χ2n) is 16.1. The van der Waals surface area contributed by atoms with E-state index in [4.69, 9.17) is 21.1 Å². The molecule has 1 unspecified atom stereocenters. The normalized spacial score (nSPS) is 15.3. The molecule has 2 aliphatic rings. The van der Waals surface area contributed by atoms with E-state index in [1.165, 1.54) is 22.3 Å². The highest BCUT2D eigenvalue weighted by Gasteiger charge is 2.45. The number of unbranched alkanes of at least 4 members (excludes halogenated alkanes) is 4. The predicted octanol–water partition coefficient (Wildman–Crippen LogP) is 12.5. The molecule has 5 nitrogen and oxygen atoms in total. The maximum Gasteiger partial charge on any atom is 0.307 e. The summed E-state index contributed by atoms with van der Waals surface area (Å²) >= 11 is 6.90. The summed E-state index contributed by atoms with van der Waals surface area (Å²) in [4.78, 5) is 40.5. The van der Waals surface area contributed by atoms with Crippen molar-refractivity contribution in [3.63, 3.8) is 0 Å². The summed E-state index contributed by atoms with van der Waals surface area (Å²) < 4.78 is 12.5. The first-order valence-corrected chi connectivity index (χ1v) is 21.1. The summed E-state index contributed by atoms with van der Waals surface area (Å²) in [6, 6.07) is 42.2. The number of ketones is 1. The average molecular weight is 781 g/mol. The Kier molecular flexibility index (Phi) is 13.1. The van der Waals surface area contributed by atoms with E-state index in [1.54, 1.807) is 0 Å². The fraction of sp³-hybridized carbons (Fsp3) is 0.353. The molecule has 1 atom stereocenters. The quantitative estimate of drug-likeness (QED) is 0.0503. The van der Waals surface area contributed by atoms with E-state index in [1.807, 2.05) is 97.9 Å². The Labute approximate surface area is 342 Å². The molecule has 57 heavy (non-hydrogen) atoms.